The van der Waals surface area contributed by atoms with Crippen LogP contribution >= 0.6 is 0 Å². The predicted octanol–water partition coefficient (Wildman–Crippen LogP) is 4.01. The first-order valence-corrected chi connectivity index (χ1v) is 5.75. The van der Waals surface area contributed by atoms with Gasteiger partial charge in [-0.1, -0.05) is 38.5 Å². The molecule has 0 bridgehead atoms. The van der Waals surface area contributed by atoms with Crippen molar-refractivity contribution in [1.82, 2.24) is 0 Å². The van der Waals surface area contributed by atoms with E-state index in [0.29, 0.717) is 11.8 Å². The van der Waals surface area contributed by atoms with Crippen molar-refractivity contribution in [2.45, 2.75) is 40.0 Å². The molecule has 2 unspecified atom stereocenters. The Morgan fingerprint density at radius 2 is 2.07 bits per heavy atom. The highest BCUT2D eigenvalue weighted by molar-refractivity contribution is 5.15. The Morgan fingerprint density at radius 3 is 2.40 bits per heavy atom. The highest BCUT2D eigenvalue weighted by Gasteiger charge is 2.18. The lowest BCUT2D eigenvalue weighted by atomic mass is 9.80. The van der Waals surface area contributed by atoms with Crippen molar-refractivity contribution in [3.8, 4) is 0 Å². The van der Waals surface area contributed by atoms with Gasteiger partial charge in [0.1, 0.15) is 6.79 Å². The third-order valence-corrected chi connectivity index (χ3v) is 3.11. The van der Waals surface area contributed by atoms with Crippen molar-refractivity contribution in [3.05, 3.63) is 24.3 Å². The van der Waals surface area contributed by atoms with E-state index in [0.717, 1.165) is 5.92 Å². The van der Waals surface area contributed by atoms with Crippen LogP contribution in [0.5, 0.6) is 0 Å². The van der Waals surface area contributed by atoms with Gasteiger partial charge in [-0.15, -0.1) is 6.58 Å². The molecule has 0 saturated heterocycles. The normalized spacial score (nSPS) is 22.4. The fraction of sp³-hybridized carbons (Fsp3) is 0.643. The van der Waals surface area contributed by atoms with E-state index in [1.54, 1.807) is 5.57 Å². The molecule has 2 atom stereocenters. The zero-order valence-corrected chi connectivity index (χ0v) is 10.3. The number of carbonyl (C=O) groups is 1. The minimum atomic E-state index is 0.618. The molecular weight excluding hydrogens is 184 g/mol. The van der Waals surface area contributed by atoms with Crippen LogP contribution in [0.1, 0.15) is 40.0 Å². The van der Waals surface area contributed by atoms with Crippen LogP contribution in [-0.4, -0.2) is 6.79 Å². The summed E-state index contributed by atoms with van der Waals surface area (Å²) in [7, 11) is 0. The second kappa shape index (κ2) is 7.44. The summed E-state index contributed by atoms with van der Waals surface area (Å²) in [5.41, 5.74) is 1.63. The van der Waals surface area contributed by atoms with Crippen molar-refractivity contribution in [1.29, 1.82) is 0 Å². The molecule has 0 heterocycles. The maximum absolute atomic E-state index is 8.00. The average Bonchev–Trinajstić information content (AvgIpc) is 2.24. The van der Waals surface area contributed by atoms with Gasteiger partial charge in [-0.05, 0) is 37.0 Å². The number of hydrogen-bond donors (Lipinski definition) is 0. The van der Waals surface area contributed by atoms with E-state index >= 15 is 0 Å². The molecule has 0 spiro atoms. The third-order valence-electron chi connectivity index (χ3n) is 3.11. The van der Waals surface area contributed by atoms with Crippen molar-refractivity contribution in [3.63, 3.8) is 0 Å². The molecule has 0 radical (unpaired) electrons. The van der Waals surface area contributed by atoms with Crippen molar-refractivity contribution in [2.24, 2.45) is 17.8 Å². The summed E-state index contributed by atoms with van der Waals surface area (Å²) in [6.07, 6.45) is 8.48. The van der Waals surface area contributed by atoms with Crippen LogP contribution in [0.15, 0.2) is 24.3 Å². The standard InChI is InChI=1S/C13H22.CH2O/c1-5-13(10(2)3)12-8-6-11(4)7-9-12;1-2/h5,8,10-11,13H,1,6-7,9H2,2-4H3;1H2. The van der Waals surface area contributed by atoms with E-state index in [2.05, 4.69) is 39.5 Å². The maximum Gasteiger partial charge on any atom is 0.106 e. The molecule has 1 aliphatic rings. The minimum Gasteiger partial charge on any atom is -0.307 e. The second-order valence-corrected chi connectivity index (χ2v) is 4.66. The van der Waals surface area contributed by atoms with Gasteiger partial charge < -0.3 is 4.79 Å². The lowest BCUT2D eigenvalue weighted by Crippen LogP contribution is -2.13. The summed E-state index contributed by atoms with van der Waals surface area (Å²) < 4.78 is 0. The molecule has 0 fully saturated rings. The highest BCUT2D eigenvalue weighted by Crippen LogP contribution is 2.31. The van der Waals surface area contributed by atoms with E-state index < -0.39 is 0 Å². The van der Waals surface area contributed by atoms with Gasteiger partial charge in [-0.25, -0.2) is 0 Å². The van der Waals surface area contributed by atoms with E-state index in [4.69, 9.17) is 4.79 Å². The lowest BCUT2D eigenvalue weighted by Gasteiger charge is -2.25. The summed E-state index contributed by atoms with van der Waals surface area (Å²) in [5, 5.41) is 0. The van der Waals surface area contributed by atoms with Gasteiger partial charge >= 0.3 is 0 Å². The van der Waals surface area contributed by atoms with Crippen LogP contribution in [-0.2, 0) is 4.79 Å². The smallest absolute Gasteiger partial charge is 0.106 e. The molecule has 1 aliphatic carbocycles. The number of carbonyl (C=O) groups excluding carboxylic acids is 1. The van der Waals surface area contributed by atoms with Crippen molar-refractivity contribution >= 4 is 6.79 Å². The fourth-order valence-corrected chi connectivity index (χ4v) is 2.14. The zero-order chi connectivity index (χ0) is 11.8. The number of hydrogen-bond acceptors (Lipinski definition) is 1. The van der Waals surface area contributed by atoms with Crippen LogP contribution in [0.3, 0.4) is 0 Å². The van der Waals surface area contributed by atoms with Crippen LogP contribution in [0.2, 0.25) is 0 Å². The first kappa shape index (κ1) is 14.2. The number of rotatable bonds is 3. The SMILES string of the molecule is C=CC(C1=CCC(C)CC1)C(C)C.C=O. The van der Waals surface area contributed by atoms with Crippen molar-refractivity contribution in [2.75, 3.05) is 0 Å². The summed E-state index contributed by atoms with van der Waals surface area (Å²) in [6, 6.07) is 0. The van der Waals surface area contributed by atoms with Crippen LogP contribution in [0.4, 0.5) is 0 Å². The largest absolute Gasteiger partial charge is 0.307 e. The van der Waals surface area contributed by atoms with Gasteiger partial charge in [0, 0.05) is 0 Å². The minimum absolute atomic E-state index is 0.618. The number of allylic oxidation sites excluding steroid dienone is 3. The second-order valence-electron chi connectivity index (χ2n) is 4.66. The van der Waals surface area contributed by atoms with Gasteiger partial charge in [-0.2, -0.15) is 0 Å². The van der Waals surface area contributed by atoms with Crippen molar-refractivity contribution < 1.29 is 4.79 Å². The monoisotopic (exact) mass is 208 g/mol. The van der Waals surface area contributed by atoms with Gasteiger partial charge in [0.05, 0.1) is 0 Å². The molecule has 1 nitrogen and oxygen atoms in total. The molecule has 15 heavy (non-hydrogen) atoms. The molecular formula is C14H24O. The molecule has 1 rings (SSSR count). The lowest BCUT2D eigenvalue weighted by molar-refractivity contribution is -0.0979. The van der Waals surface area contributed by atoms with Crippen LogP contribution in [0.25, 0.3) is 0 Å². The Hall–Kier alpha value is -0.850. The fourth-order valence-electron chi connectivity index (χ4n) is 2.14. The van der Waals surface area contributed by atoms with Crippen LogP contribution < -0.4 is 0 Å². The Bertz CT molecular complexity index is 215. The summed E-state index contributed by atoms with van der Waals surface area (Å²) >= 11 is 0. The third kappa shape index (κ3) is 4.46. The summed E-state index contributed by atoms with van der Waals surface area (Å²) in [4.78, 5) is 8.00. The van der Waals surface area contributed by atoms with Crippen LogP contribution in [0, 0.1) is 17.8 Å². The van der Waals surface area contributed by atoms with Gasteiger partial charge in [0.2, 0.25) is 0 Å². The Balaban J connectivity index is 0.000000921. The van der Waals surface area contributed by atoms with Gasteiger partial charge in [0.25, 0.3) is 0 Å². The average molecular weight is 208 g/mol. The molecule has 0 saturated carbocycles. The van der Waals surface area contributed by atoms with E-state index in [1.807, 2.05) is 6.79 Å². The van der Waals surface area contributed by atoms with E-state index in [-0.39, 0.29) is 0 Å². The predicted molar refractivity (Wildman–Crippen MR) is 66.7 cm³/mol. The molecule has 0 aromatic heterocycles. The zero-order valence-electron chi connectivity index (χ0n) is 10.3. The Morgan fingerprint density at radius 1 is 1.47 bits per heavy atom. The molecule has 0 aromatic carbocycles. The molecule has 0 aromatic rings. The first-order chi connectivity index (χ1) is 7.15. The highest BCUT2D eigenvalue weighted by atomic mass is 16.1. The van der Waals surface area contributed by atoms with E-state index in [1.165, 1.54) is 19.3 Å². The quantitative estimate of drug-likeness (QED) is 0.640. The molecule has 86 valence electrons. The van der Waals surface area contributed by atoms with E-state index in [9.17, 15) is 0 Å². The Kier molecular flexibility index (Phi) is 7.02. The summed E-state index contributed by atoms with van der Waals surface area (Å²) in [5.74, 6) is 2.21. The molecule has 0 amide bonds. The van der Waals surface area contributed by atoms with Gasteiger partial charge in [-0.3, -0.25) is 0 Å². The molecule has 0 aliphatic heterocycles. The summed E-state index contributed by atoms with van der Waals surface area (Å²) in [6.45, 7) is 12.8. The topological polar surface area (TPSA) is 17.1 Å². The Labute approximate surface area is 94.3 Å². The maximum atomic E-state index is 8.00. The molecule has 1 heteroatoms. The first-order valence-electron chi connectivity index (χ1n) is 5.75. The van der Waals surface area contributed by atoms with Gasteiger partial charge in [0.15, 0.2) is 0 Å². The molecule has 0 N–H and O–H groups in total.